The SMILES string of the molecule is Cc1ccccc1C.Cc1ccccc1C.O=S. The molecule has 0 aliphatic rings. The minimum atomic E-state index is 1.37. The van der Waals surface area contributed by atoms with Crippen molar-refractivity contribution in [3.8, 4) is 0 Å². The summed E-state index contributed by atoms with van der Waals surface area (Å²) < 4.78 is 7.83. The van der Waals surface area contributed by atoms with Gasteiger partial charge in [0.1, 0.15) is 0 Å². The Kier molecular flexibility index (Phi) is 8.67. The molecule has 2 aromatic rings. The lowest BCUT2D eigenvalue weighted by Crippen LogP contribution is -1.74. The zero-order chi connectivity index (χ0) is 14.0. The molecular weight excluding hydrogens is 240 g/mol. The molecule has 0 unspecified atom stereocenters. The molecule has 1 nitrogen and oxygen atoms in total. The highest BCUT2D eigenvalue weighted by molar-refractivity contribution is 7.44. The first-order valence-electron chi connectivity index (χ1n) is 5.82. The maximum Gasteiger partial charge on any atom is 0.197 e. The normalized spacial score (nSPS) is 8.44. The third-order valence-corrected chi connectivity index (χ3v) is 2.85. The van der Waals surface area contributed by atoms with Crippen molar-refractivity contribution in [1.82, 2.24) is 0 Å². The molecule has 0 aliphatic carbocycles. The highest BCUT2D eigenvalue weighted by Gasteiger charge is 1.84. The predicted molar refractivity (Wildman–Crippen MR) is 80.0 cm³/mol. The van der Waals surface area contributed by atoms with Crippen molar-refractivity contribution in [3.05, 3.63) is 70.8 Å². The molecule has 2 rings (SSSR count). The van der Waals surface area contributed by atoms with Crippen LogP contribution in [0.3, 0.4) is 0 Å². The summed E-state index contributed by atoms with van der Waals surface area (Å²) in [6.45, 7) is 8.48. The summed E-state index contributed by atoms with van der Waals surface area (Å²) in [6.07, 6.45) is 0. The minimum absolute atomic E-state index is 1.37. The first-order valence-corrected chi connectivity index (χ1v) is 6.15. The third-order valence-electron chi connectivity index (χ3n) is 2.85. The van der Waals surface area contributed by atoms with E-state index in [2.05, 4.69) is 88.8 Å². The standard InChI is InChI=1S/2C8H10.OS/c2*1-7-5-3-4-6-8(7)2;1-2/h2*3-6H,1-2H3;. The predicted octanol–water partition coefficient (Wildman–Crippen LogP) is 4.27. The van der Waals surface area contributed by atoms with Crippen molar-refractivity contribution in [3.63, 3.8) is 0 Å². The molecule has 0 amide bonds. The summed E-state index contributed by atoms with van der Waals surface area (Å²) >= 11 is 2.83. The number of aryl methyl sites for hydroxylation is 4. The van der Waals surface area contributed by atoms with Crippen LogP contribution in [-0.4, -0.2) is 4.21 Å². The molecule has 2 aromatic carbocycles. The van der Waals surface area contributed by atoms with Crippen LogP contribution in [0.15, 0.2) is 48.5 Å². The van der Waals surface area contributed by atoms with Crippen LogP contribution >= 0.6 is 0 Å². The molecule has 0 saturated heterocycles. The summed E-state index contributed by atoms with van der Waals surface area (Å²) in [5.74, 6) is 0. The Morgan fingerprint density at radius 3 is 0.833 bits per heavy atom. The molecule has 0 radical (unpaired) electrons. The lowest BCUT2D eigenvalue weighted by Gasteiger charge is -1.93. The Balaban J connectivity index is 0.000000283. The van der Waals surface area contributed by atoms with Gasteiger partial charge in [-0.2, -0.15) is 4.21 Å². The van der Waals surface area contributed by atoms with Gasteiger partial charge in [0.25, 0.3) is 0 Å². The van der Waals surface area contributed by atoms with Crippen LogP contribution in [0.1, 0.15) is 22.3 Å². The molecule has 0 spiro atoms. The van der Waals surface area contributed by atoms with E-state index in [4.69, 9.17) is 4.21 Å². The fourth-order valence-electron chi connectivity index (χ4n) is 1.33. The van der Waals surface area contributed by atoms with Gasteiger partial charge in [0.15, 0.2) is 12.5 Å². The highest BCUT2D eigenvalue weighted by atomic mass is 32.1. The molecule has 0 fully saturated rings. The quantitative estimate of drug-likeness (QED) is 0.703. The molecule has 0 atom stereocenters. The second-order valence-corrected chi connectivity index (χ2v) is 4.17. The van der Waals surface area contributed by atoms with E-state index in [0.717, 1.165) is 0 Å². The second-order valence-electron chi connectivity index (χ2n) is 4.17. The van der Waals surface area contributed by atoms with Crippen molar-refractivity contribution < 1.29 is 4.21 Å². The minimum Gasteiger partial charge on any atom is -0.197 e. The van der Waals surface area contributed by atoms with Gasteiger partial charge in [-0.3, -0.25) is 0 Å². The van der Waals surface area contributed by atoms with Gasteiger partial charge in [-0.15, -0.1) is 0 Å². The van der Waals surface area contributed by atoms with Gasteiger partial charge in [-0.25, -0.2) is 0 Å². The molecule has 96 valence electrons. The Bertz CT molecular complexity index is 381. The van der Waals surface area contributed by atoms with E-state index in [1.54, 1.807) is 0 Å². The van der Waals surface area contributed by atoms with Gasteiger partial charge in [0.2, 0.25) is 0 Å². The smallest absolute Gasteiger partial charge is 0.197 e. The molecular formula is C16H20OS. The van der Waals surface area contributed by atoms with Crippen molar-refractivity contribution in [2.24, 2.45) is 0 Å². The average Bonchev–Trinajstić information content (AvgIpc) is 2.40. The van der Waals surface area contributed by atoms with E-state index < -0.39 is 0 Å². The Labute approximate surface area is 115 Å². The van der Waals surface area contributed by atoms with E-state index in [1.165, 1.54) is 22.3 Å². The summed E-state index contributed by atoms with van der Waals surface area (Å²) in [4.78, 5) is 0. The van der Waals surface area contributed by atoms with Gasteiger partial charge in [0.05, 0.1) is 0 Å². The van der Waals surface area contributed by atoms with Crippen LogP contribution in [-0.2, 0) is 12.5 Å². The molecule has 0 aliphatic heterocycles. The average molecular weight is 260 g/mol. The first-order chi connectivity index (χ1) is 8.61. The molecule has 0 heterocycles. The van der Waals surface area contributed by atoms with Crippen LogP contribution in [0, 0.1) is 27.7 Å². The zero-order valence-corrected chi connectivity index (χ0v) is 12.3. The van der Waals surface area contributed by atoms with E-state index in [9.17, 15) is 0 Å². The van der Waals surface area contributed by atoms with Crippen molar-refractivity contribution in [2.45, 2.75) is 27.7 Å². The monoisotopic (exact) mass is 260 g/mol. The summed E-state index contributed by atoms with van der Waals surface area (Å²) in [7, 11) is 0. The molecule has 0 bridgehead atoms. The number of benzene rings is 2. The van der Waals surface area contributed by atoms with E-state index in [0.29, 0.717) is 0 Å². The van der Waals surface area contributed by atoms with Crippen molar-refractivity contribution in [2.75, 3.05) is 0 Å². The number of hydrogen-bond donors (Lipinski definition) is 0. The Morgan fingerprint density at radius 2 is 0.722 bits per heavy atom. The second kappa shape index (κ2) is 9.49. The molecule has 0 saturated carbocycles. The molecule has 2 heteroatoms. The molecule has 18 heavy (non-hydrogen) atoms. The van der Waals surface area contributed by atoms with Gasteiger partial charge < -0.3 is 0 Å². The first kappa shape index (κ1) is 16.5. The van der Waals surface area contributed by atoms with Crippen LogP contribution in [0.25, 0.3) is 0 Å². The van der Waals surface area contributed by atoms with Crippen LogP contribution in [0.2, 0.25) is 0 Å². The topological polar surface area (TPSA) is 17.1 Å². The Morgan fingerprint density at radius 1 is 0.556 bits per heavy atom. The van der Waals surface area contributed by atoms with Crippen LogP contribution in [0.4, 0.5) is 0 Å². The van der Waals surface area contributed by atoms with Gasteiger partial charge >= 0.3 is 0 Å². The highest BCUT2D eigenvalue weighted by Crippen LogP contribution is 2.03. The molecule has 0 aromatic heterocycles. The van der Waals surface area contributed by atoms with Crippen LogP contribution in [0.5, 0.6) is 0 Å². The summed E-state index contributed by atoms with van der Waals surface area (Å²) in [5, 5.41) is 0. The van der Waals surface area contributed by atoms with E-state index in [-0.39, 0.29) is 0 Å². The zero-order valence-electron chi connectivity index (χ0n) is 11.4. The largest absolute Gasteiger partial charge is 0.197 e. The fraction of sp³-hybridized carbons (Fsp3) is 0.250. The Hall–Kier alpha value is -1.54. The van der Waals surface area contributed by atoms with E-state index >= 15 is 0 Å². The maximum atomic E-state index is 7.83. The van der Waals surface area contributed by atoms with Gasteiger partial charge in [-0.05, 0) is 49.9 Å². The fourth-order valence-corrected chi connectivity index (χ4v) is 1.33. The van der Waals surface area contributed by atoms with Crippen LogP contribution < -0.4 is 0 Å². The number of hydrogen-bond acceptors (Lipinski definition) is 2. The van der Waals surface area contributed by atoms with Crippen molar-refractivity contribution in [1.29, 1.82) is 0 Å². The summed E-state index contributed by atoms with van der Waals surface area (Å²) in [5.41, 5.74) is 5.47. The van der Waals surface area contributed by atoms with E-state index in [1.807, 2.05) is 0 Å². The molecule has 0 N–H and O–H groups in total. The maximum absolute atomic E-state index is 7.83. The van der Waals surface area contributed by atoms with Crippen molar-refractivity contribution >= 4 is 12.5 Å². The third kappa shape index (κ3) is 6.26. The lowest BCUT2D eigenvalue weighted by atomic mass is 10.1. The summed E-state index contributed by atoms with van der Waals surface area (Å²) in [6, 6.07) is 16.7. The van der Waals surface area contributed by atoms with Gasteiger partial charge in [-0.1, -0.05) is 48.5 Å². The number of rotatable bonds is 0. The lowest BCUT2D eigenvalue weighted by molar-refractivity contribution is 0.702. The van der Waals surface area contributed by atoms with Gasteiger partial charge in [0, 0.05) is 0 Å².